The fourth-order valence-corrected chi connectivity index (χ4v) is 3.34. The van der Waals surface area contributed by atoms with Crippen molar-refractivity contribution in [3.63, 3.8) is 0 Å². The Morgan fingerprint density at radius 1 is 1.10 bits per heavy atom. The first kappa shape index (κ1) is 15.1. The van der Waals surface area contributed by atoms with Gasteiger partial charge in [-0.3, -0.25) is 9.52 Å². The second-order valence-corrected chi connectivity index (χ2v) is 6.25. The van der Waals surface area contributed by atoms with Gasteiger partial charge in [0.25, 0.3) is 10.0 Å². The van der Waals surface area contributed by atoms with Gasteiger partial charge >= 0.3 is 5.97 Å². The van der Waals surface area contributed by atoms with Gasteiger partial charge in [0.2, 0.25) is 0 Å². The predicted molar refractivity (Wildman–Crippen MR) is 79.8 cm³/mol. The minimum atomic E-state index is -3.75. The van der Waals surface area contributed by atoms with Gasteiger partial charge < -0.3 is 5.11 Å². The van der Waals surface area contributed by atoms with Crippen LogP contribution in [-0.2, 0) is 21.2 Å². The summed E-state index contributed by atoms with van der Waals surface area (Å²) in [6, 6.07) is 13.1. The van der Waals surface area contributed by atoms with Gasteiger partial charge in [-0.25, -0.2) is 8.42 Å². The van der Waals surface area contributed by atoms with Gasteiger partial charge in [-0.1, -0.05) is 36.4 Å². The molecule has 2 rings (SSSR count). The highest BCUT2D eigenvalue weighted by molar-refractivity contribution is 7.92. The average Bonchev–Trinajstić information content (AvgIpc) is 2.40. The molecule has 2 aromatic carbocycles. The molecule has 0 saturated carbocycles. The molecular weight excluding hydrogens is 290 g/mol. The van der Waals surface area contributed by atoms with Crippen LogP contribution in [0.3, 0.4) is 0 Å². The van der Waals surface area contributed by atoms with Crippen LogP contribution in [0.15, 0.2) is 53.4 Å². The van der Waals surface area contributed by atoms with Crippen molar-refractivity contribution in [2.24, 2.45) is 0 Å². The molecule has 0 heterocycles. The number of hydrogen-bond acceptors (Lipinski definition) is 3. The zero-order valence-electron chi connectivity index (χ0n) is 11.4. The Kier molecular flexibility index (Phi) is 4.28. The number of hydrogen-bond donors (Lipinski definition) is 2. The minimum absolute atomic E-state index is 0.176. The van der Waals surface area contributed by atoms with E-state index in [-0.39, 0.29) is 17.0 Å². The highest BCUT2D eigenvalue weighted by atomic mass is 32.2. The molecular formula is C15H15NO4S. The van der Waals surface area contributed by atoms with Crippen molar-refractivity contribution >= 4 is 21.7 Å². The summed E-state index contributed by atoms with van der Waals surface area (Å²) in [5, 5.41) is 8.87. The van der Waals surface area contributed by atoms with Crippen LogP contribution in [0.25, 0.3) is 0 Å². The number of carboxylic acid groups (broad SMARTS) is 1. The fraction of sp³-hybridized carbons (Fsp3) is 0.133. The van der Waals surface area contributed by atoms with E-state index >= 15 is 0 Å². The lowest BCUT2D eigenvalue weighted by atomic mass is 10.1. The van der Waals surface area contributed by atoms with E-state index < -0.39 is 16.0 Å². The second kappa shape index (κ2) is 5.97. The molecule has 0 saturated heterocycles. The zero-order valence-corrected chi connectivity index (χ0v) is 12.2. The van der Waals surface area contributed by atoms with E-state index in [9.17, 15) is 13.2 Å². The number of carbonyl (C=O) groups is 1. The fourth-order valence-electron chi connectivity index (χ4n) is 1.99. The van der Waals surface area contributed by atoms with E-state index in [1.54, 1.807) is 49.4 Å². The Bertz CT molecular complexity index is 769. The average molecular weight is 305 g/mol. The molecule has 0 fully saturated rings. The van der Waals surface area contributed by atoms with Crippen LogP contribution in [0, 0.1) is 6.92 Å². The molecule has 0 atom stereocenters. The third kappa shape index (κ3) is 3.61. The molecule has 6 heteroatoms. The summed E-state index contributed by atoms with van der Waals surface area (Å²) in [4.78, 5) is 11.0. The van der Waals surface area contributed by atoms with Crippen LogP contribution in [0.2, 0.25) is 0 Å². The highest BCUT2D eigenvalue weighted by Crippen LogP contribution is 2.22. The Balaban J connectivity index is 2.38. The van der Waals surface area contributed by atoms with Crippen molar-refractivity contribution in [2.75, 3.05) is 4.72 Å². The van der Waals surface area contributed by atoms with Crippen molar-refractivity contribution < 1.29 is 18.3 Å². The first-order valence-corrected chi connectivity index (χ1v) is 7.76. The van der Waals surface area contributed by atoms with E-state index in [2.05, 4.69) is 4.72 Å². The van der Waals surface area contributed by atoms with Crippen LogP contribution >= 0.6 is 0 Å². The maximum Gasteiger partial charge on any atom is 0.307 e. The van der Waals surface area contributed by atoms with Crippen LogP contribution in [0.5, 0.6) is 0 Å². The summed E-state index contributed by atoms with van der Waals surface area (Å²) in [6.07, 6.45) is -0.244. The number of rotatable bonds is 5. The lowest BCUT2D eigenvalue weighted by Gasteiger charge is -2.13. The van der Waals surface area contributed by atoms with E-state index in [1.165, 1.54) is 6.07 Å². The summed E-state index contributed by atoms with van der Waals surface area (Å²) >= 11 is 0. The Morgan fingerprint density at radius 3 is 2.38 bits per heavy atom. The summed E-state index contributed by atoms with van der Waals surface area (Å²) in [6.45, 7) is 1.71. The monoisotopic (exact) mass is 305 g/mol. The van der Waals surface area contributed by atoms with E-state index in [1.807, 2.05) is 0 Å². The number of aryl methyl sites for hydroxylation is 1. The number of nitrogens with one attached hydrogen (secondary N) is 1. The third-order valence-corrected chi connectivity index (χ3v) is 4.51. The summed E-state index contributed by atoms with van der Waals surface area (Å²) in [5.41, 5.74) is 1.33. The largest absolute Gasteiger partial charge is 0.481 e. The SMILES string of the molecule is Cc1ccccc1S(=O)(=O)Nc1ccccc1CC(=O)O. The van der Waals surface area contributed by atoms with Crippen LogP contribution in [0.1, 0.15) is 11.1 Å². The zero-order chi connectivity index (χ0) is 15.5. The van der Waals surface area contributed by atoms with Gasteiger partial charge in [0.05, 0.1) is 17.0 Å². The first-order valence-electron chi connectivity index (χ1n) is 6.28. The predicted octanol–water partition coefficient (Wildman–Crippen LogP) is 2.42. The third-order valence-electron chi connectivity index (χ3n) is 2.99. The van der Waals surface area contributed by atoms with Gasteiger partial charge in [-0.2, -0.15) is 0 Å². The van der Waals surface area contributed by atoms with Gasteiger partial charge in [0.1, 0.15) is 0 Å². The number of benzene rings is 2. The highest BCUT2D eigenvalue weighted by Gasteiger charge is 2.18. The lowest BCUT2D eigenvalue weighted by Crippen LogP contribution is -2.16. The molecule has 0 aliphatic carbocycles. The number of aliphatic carboxylic acids is 1. The van der Waals surface area contributed by atoms with Gasteiger partial charge in [0, 0.05) is 0 Å². The van der Waals surface area contributed by atoms with Crippen molar-refractivity contribution in [1.82, 2.24) is 0 Å². The smallest absolute Gasteiger partial charge is 0.307 e. The topological polar surface area (TPSA) is 83.5 Å². The number of carboxylic acids is 1. The van der Waals surface area contributed by atoms with E-state index in [0.717, 1.165) is 0 Å². The Morgan fingerprint density at radius 2 is 1.71 bits per heavy atom. The maximum atomic E-state index is 12.4. The number of para-hydroxylation sites is 1. The normalized spacial score (nSPS) is 11.1. The molecule has 0 radical (unpaired) electrons. The number of anilines is 1. The maximum absolute atomic E-state index is 12.4. The summed E-state index contributed by atoms with van der Waals surface area (Å²) < 4.78 is 27.3. The van der Waals surface area contributed by atoms with E-state index in [4.69, 9.17) is 5.11 Å². The molecule has 110 valence electrons. The molecule has 2 N–H and O–H groups in total. The van der Waals surface area contributed by atoms with Gasteiger partial charge in [-0.05, 0) is 30.2 Å². The minimum Gasteiger partial charge on any atom is -0.481 e. The van der Waals surface area contributed by atoms with Crippen molar-refractivity contribution in [3.8, 4) is 0 Å². The molecule has 0 aliphatic heterocycles. The quantitative estimate of drug-likeness (QED) is 0.888. The first-order chi connectivity index (χ1) is 9.90. The molecule has 0 spiro atoms. The molecule has 0 bridgehead atoms. The van der Waals surface area contributed by atoms with Gasteiger partial charge in [0.15, 0.2) is 0 Å². The molecule has 21 heavy (non-hydrogen) atoms. The van der Waals surface area contributed by atoms with Crippen molar-refractivity contribution in [2.45, 2.75) is 18.2 Å². The van der Waals surface area contributed by atoms with Crippen LogP contribution < -0.4 is 4.72 Å². The molecule has 0 aromatic heterocycles. The Labute approximate surface area is 123 Å². The van der Waals surface area contributed by atoms with Crippen LogP contribution in [-0.4, -0.2) is 19.5 Å². The molecule has 0 amide bonds. The second-order valence-electron chi connectivity index (χ2n) is 4.60. The van der Waals surface area contributed by atoms with Crippen LogP contribution in [0.4, 0.5) is 5.69 Å². The summed E-state index contributed by atoms with van der Waals surface area (Å²) in [7, 11) is -3.75. The van der Waals surface area contributed by atoms with Crippen molar-refractivity contribution in [1.29, 1.82) is 0 Å². The molecule has 2 aromatic rings. The van der Waals surface area contributed by atoms with Crippen molar-refractivity contribution in [3.05, 3.63) is 59.7 Å². The standard InChI is InChI=1S/C15H15NO4S/c1-11-6-2-5-9-14(11)21(19,20)16-13-8-4-3-7-12(13)10-15(17)18/h2-9,16H,10H2,1H3,(H,17,18). The molecule has 0 unspecified atom stereocenters. The van der Waals surface area contributed by atoms with E-state index in [0.29, 0.717) is 11.1 Å². The Hall–Kier alpha value is -2.34. The number of sulfonamides is 1. The van der Waals surface area contributed by atoms with Gasteiger partial charge in [-0.15, -0.1) is 0 Å². The molecule has 5 nitrogen and oxygen atoms in total. The lowest BCUT2D eigenvalue weighted by molar-refractivity contribution is -0.136. The molecule has 0 aliphatic rings. The summed E-state index contributed by atoms with van der Waals surface area (Å²) in [5.74, 6) is -1.02.